The van der Waals surface area contributed by atoms with Crippen LogP contribution >= 0.6 is 11.6 Å². The molecule has 0 atom stereocenters. The van der Waals surface area contributed by atoms with Gasteiger partial charge in [0.15, 0.2) is 0 Å². The Bertz CT molecular complexity index is 918. The molecule has 10 heteroatoms. The van der Waals surface area contributed by atoms with Gasteiger partial charge < -0.3 is 4.74 Å². The topological polar surface area (TPSA) is 72.5 Å². The lowest BCUT2D eigenvalue weighted by molar-refractivity contribution is -0.0882. The number of carbonyl (C=O) groups excluding carboxylic acids is 1. The van der Waals surface area contributed by atoms with Crippen molar-refractivity contribution < 1.29 is 31.1 Å². The fourth-order valence-corrected chi connectivity index (χ4v) is 2.68. The van der Waals surface area contributed by atoms with Gasteiger partial charge in [0.05, 0.1) is 16.9 Å². The van der Waals surface area contributed by atoms with Crippen LogP contribution in [0.3, 0.4) is 0 Å². The van der Waals surface area contributed by atoms with Crippen LogP contribution in [0.4, 0.5) is 13.2 Å². The quantitative estimate of drug-likeness (QED) is 0.826. The van der Waals surface area contributed by atoms with Gasteiger partial charge in [-0.1, -0.05) is 29.8 Å². The van der Waals surface area contributed by atoms with Crippen molar-refractivity contribution in [2.45, 2.75) is 12.6 Å². The van der Waals surface area contributed by atoms with E-state index in [9.17, 15) is 26.4 Å². The Morgan fingerprint density at radius 2 is 2.00 bits per heavy atom. The number of benzene rings is 1. The summed E-state index contributed by atoms with van der Waals surface area (Å²) >= 11 is 5.91. The van der Waals surface area contributed by atoms with Crippen molar-refractivity contribution in [1.29, 1.82) is 0 Å². The number of sulfonamides is 1. The molecule has 1 aliphatic carbocycles. The van der Waals surface area contributed by atoms with E-state index in [1.54, 1.807) is 4.72 Å². The summed E-state index contributed by atoms with van der Waals surface area (Å²) in [5.41, 5.74) is -0.914. The Hall–Kier alpha value is -2.26. The lowest BCUT2D eigenvalue weighted by Gasteiger charge is -2.11. The predicted octanol–water partition coefficient (Wildman–Crippen LogP) is 3.65. The van der Waals surface area contributed by atoms with Gasteiger partial charge in [0.25, 0.3) is 5.91 Å². The van der Waals surface area contributed by atoms with Crippen molar-refractivity contribution in [3.05, 3.63) is 64.4 Å². The zero-order chi connectivity index (χ0) is 19.5. The molecule has 1 aromatic carbocycles. The Balaban J connectivity index is 2.26. The highest BCUT2D eigenvalue weighted by Gasteiger charge is 2.32. The summed E-state index contributed by atoms with van der Waals surface area (Å²) < 4.78 is 67.9. The molecule has 0 heterocycles. The minimum Gasteiger partial charge on any atom is -0.460 e. The molecular formula is C16H13ClF3NO4S. The maximum Gasteiger partial charge on any atom is 0.416 e. The van der Waals surface area contributed by atoms with E-state index in [-0.39, 0.29) is 28.5 Å². The number of carbonyl (C=O) groups is 1. The molecule has 140 valence electrons. The molecule has 1 aromatic rings. The Morgan fingerprint density at radius 3 is 2.62 bits per heavy atom. The summed E-state index contributed by atoms with van der Waals surface area (Å²) in [6, 6.07) is 5.50. The van der Waals surface area contributed by atoms with E-state index in [4.69, 9.17) is 16.3 Å². The summed E-state index contributed by atoms with van der Waals surface area (Å²) in [4.78, 5) is 11.8. The van der Waals surface area contributed by atoms with E-state index < -0.39 is 27.7 Å². The summed E-state index contributed by atoms with van der Waals surface area (Å²) in [5.74, 6) is -0.683. The van der Waals surface area contributed by atoms with Gasteiger partial charge in [-0.3, -0.25) is 4.79 Å². The van der Waals surface area contributed by atoms with Gasteiger partial charge in [0.1, 0.15) is 11.5 Å². The fourth-order valence-electron chi connectivity index (χ4n) is 1.99. The molecule has 0 aromatic heterocycles. The molecule has 26 heavy (non-hydrogen) atoms. The number of rotatable bonds is 4. The van der Waals surface area contributed by atoms with Gasteiger partial charge in [0.2, 0.25) is 10.0 Å². The lowest BCUT2D eigenvalue weighted by Crippen LogP contribution is -2.29. The Kier molecular flexibility index (Phi) is 5.82. The molecule has 2 rings (SSSR count). The molecule has 0 unspecified atom stereocenters. The maximum absolute atomic E-state index is 12.8. The van der Waals surface area contributed by atoms with Crippen molar-refractivity contribution in [1.82, 2.24) is 4.72 Å². The average Bonchev–Trinajstić information content (AvgIpc) is 2.68. The summed E-state index contributed by atoms with van der Waals surface area (Å²) in [5, 5.41) is -0.228. The second-order valence-electron chi connectivity index (χ2n) is 5.31. The number of hydrogen-bond acceptors (Lipinski definition) is 4. The standard InChI is InChI=1S/C16H13ClF3NO4S/c1-26(23,24)21-15(22)10-4-2-6-12(8-10)25-14-7-3-5-11(9-13(14)17)16(18,19)20/h2-6,8-9H,7H2,1H3,(H,21,22). The first-order valence-electron chi connectivity index (χ1n) is 7.10. The van der Waals surface area contributed by atoms with Crippen LogP contribution in [0.15, 0.2) is 58.9 Å². The van der Waals surface area contributed by atoms with Crippen molar-refractivity contribution in [3.63, 3.8) is 0 Å². The van der Waals surface area contributed by atoms with Crippen LogP contribution in [0.2, 0.25) is 0 Å². The van der Waals surface area contributed by atoms with Crippen molar-refractivity contribution in [2.24, 2.45) is 0 Å². The van der Waals surface area contributed by atoms with Crippen molar-refractivity contribution >= 4 is 27.5 Å². The number of hydrogen-bond donors (Lipinski definition) is 1. The molecule has 0 bridgehead atoms. The normalized spacial score (nSPS) is 15.3. The summed E-state index contributed by atoms with van der Waals surface area (Å²) in [7, 11) is -3.74. The second kappa shape index (κ2) is 7.55. The molecule has 1 N–H and O–H groups in total. The van der Waals surface area contributed by atoms with E-state index >= 15 is 0 Å². The molecule has 1 aliphatic rings. The zero-order valence-corrected chi connectivity index (χ0v) is 14.9. The van der Waals surface area contributed by atoms with Crippen molar-refractivity contribution in [2.75, 3.05) is 6.26 Å². The van der Waals surface area contributed by atoms with Crippen LogP contribution < -0.4 is 9.46 Å². The number of amides is 1. The van der Waals surface area contributed by atoms with E-state index in [1.807, 2.05) is 0 Å². The molecule has 0 radical (unpaired) electrons. The number of allylic oxidation sites excluding steroid dienone is 5. The number of alkyl halides is 3. The van der Waals surface area contributed by atoms with Gasteiger partial charge in [-0.15, -0.1) is 0 Å². The largest absolute Gasteiger partial charge is 0.460 e. The first kappa shape index (κ1) is 20.1. The van der Waals surface area contributed by atoms with E-state index in [1.165, 1.54) is 30.3 Å². The third kappa shape index (κ3) is 5.63. The Morgan fingerprint density at radius 1 is 1.31 bits per heavy atom. The lowest BCUT2D eigenvalue weighted by atomic mass is 10.2. The number of halogens is 4. The SMILES string of the molecule is CS(=O)(=O)NC(=O)c1cccc(OC2=C(Cl)C=C(C(F)(F)F)C=CC2)c1. The molecule has 0 spiro atoms. The molecule has 1 amide bonds. The van der Waals surface area contributed by atoms with Gasteiger partial charge in [-0.2, -0.15) is 13.2 Å². The molecule has 0 saturated carbocycles. The van der Waals surface area contributed by atoms with E-state index in [2.05, 4.69) is 0 Å². The predicted molar refractivity (Wildman–Crippen MR) is 90.2 cm³/mol. The first-order valence-corrected chi connectivity index (χ1v) is 9.37. The van der Waals surface area contributed by atoms with Gasteiger partial charge in [0, 0.05) is 12.0 Å². The van der Waals surface area contributed by atoms with Gasteiger partial charge >= 0.3 is 6.18 Å². The highest BCUT2D eigenvalue weighted by molar-refractivity contribution is 7.89. The smallest absolute Gasteiger partial charge is 0.416 e. The van der Waals surface area contributed by atoms with E-state index in [0.29, 0.717) is 0 Å². The zero-order valence-electron chi connectivity index (χ0n) is 13.3. The highest BCUT2D eigenvalue weighted by atomic mass is 35.5. The molecular weight excluding hydrogens is 395 g/mol. The highest BCUT2D eigenvalue weighted by Crippen LogP contribution is 2.32. The number of nitrogens with one attached hydrogen (secondary N) is 1. The fraction of sp³-hybridized carbons (Fsp3) is 0.188. The van der Waals surface area contributed by atoms with Gasteiger partial charge in [-0.05, 0) is 24.3 Å². The summed E-state index contributed by atoms with van der Waals surface area (Å²) in [6.07, 6.45) is -0.803. The third-order valence-corrected chi connectivity index (χ3v) is 3.97. The Labute approximate surface area is 152 Å². The molecule has 0 saturated heterocycles. The molecule has 0 aliphatic heterocycles. The first-order chi connectivity index (χ1) is 12.0. The van der Waals surface area contributed by atoms with Crippen LogP contribution in [0.25, 0.3) is 0 Å². The maximum atomic E-state index is 12.8. The van der Waals surface area contributed by atoms with E-state index in [0.717, 1.165) is 18.4 Å². The number of ether oxygens (including phenoxy) is 1. The minimum atomic E-state index is -4.55. The average molecular weight is 408 g/mol. The van der Waals surface area contributed by atoms with Crippen LogP contribution in [-0.4, -0.2) is 26.8 Å². The molecule has 5 nitrogen and oxygen atoms in total. The third-order valence-electron chi connectivity index (χ3n) is 3.09. The second-order valence-corrected chi connectivity index (χ2v) is 7.46. The minimum absolute atomic E-state index is 0.000309. The van der Waals surface area contributed by atoms with Crippen LogP contribution in [0.1, 0.15) is 16.8 Å². The van der Waals surface area contributed by atoms with Crippen LogP contribution in [-0.2, 0) is 10.0 Å². The van der Waals surface area contributed by atoms with Crippen LogP contribution in [0, 0.1) is 0 Å². The monoisotopic (exact) mass is 407 g/mol. The molecule has 0 fully saturated rings. The summed E-state index contributed by atoms with van der Waals surface area (Å²) in [6.45, 7) is 0. The van der Waals surface area contributed by atoms with Crippen LogP contribution in [0.5, 0.6) is 5.75 Å². The van der Waals surface area contributed by atoms with Gasteiger partial charge in [-0.25, -0.2) is 13.1 Å². The van der Waals surface area contributed by atoms with Crippen molar-refractivity contribution in [3.8, 4) is 5.75 Å².